The Morgan fingerprint density at radius 1 is 1.10 bits per heavy atom. The zero-order valence-corrected chi connectivity index (χ0v) is 17.7. The van der Waals surface area contributed by atoms with Crippen molar-refractivity contribution in [3.05, 3.63) is 83.8 Å². The Labute approximate surface area is 176 Å². The Hall–Kier alpha value is -2.97. The predicted octanol–water partition coefficient (Wildman–Crippen LogP) is 2.32. The predicted molar refractivity (Wildman–Crippen MR) is 114 cm³/mol. The zero-order valence-electron chi connectivity index (χ0n) is 16.9. The number of nitrogens with zero attached hydrogens (tertiary/aromatic N) is 3. The van der Waals surface area contributed by atoms with Gasteiger partial charge in [0.2, 0.25) is 0 Å². The number of hydrogen-bond acceptors (Lipinski definition) is 4. The first-order chi connectivity index (χ1) is 14.3. The van der Waals surface area contributed by atoms with E-state index in [2.05, 4.69) is 10.3 Å². The number of sulfonamides is 1. The van der Waals surface area contributed by atoms with Gasteiger partial charge < -0.3 is 9.88 Å². The van der Waals surface area contributed by atoms with Crippen LogP contribution in [-0.2, 0) is 17.1 Å². The van der Waals surface area contributed by atoms with Crippen molar-refractivity contribution in [2.24, 2.45) is 7.05 Å². The van der Waals surface area contributed by atoms with Crippen molar-refractivity contribution >= 4 is 15.9 Å². The molecule has 0 saturated carbocycles. The van der Waals surface area contributed by atoms with Crippen LogP contribution in [0.5, 0.6) is 0 Å². The van der Waals surface area contributed by atoms with Crippen molar-refractivity contribution in [3.8, 4) is 0 Å². The Balaban J connectivity index is 1.62. The van der Waals surface area contributed by atoms with E-state index in [1.165, 1.54) is 16.8 Å². The van der Waals surface area contributed by atoms with Gasteiger partial charge in [-0.3, -0.25) is 4.79 Å². The van der Waals surface area contributed by atoms with E-state index in [0.29, 0.717) is 5.56 Å². The Morgan fingerprint density at radius 2 is 1.87 bits per heavy atom. The summed E-state index contributed by atoms with van der Waals surface area (Å²) in [6, 6.07) is 16.7. The van der Waals surface area contributed by atoms with Crippen LogP contribution >= 0.6 is 0 Å². The molecular formula is C22H24N4O3S. The molecule has 3 aromatic rings. The molecular weight excluding hydrogens is 400 g/mol. The van der Waals surface area contributed by atoms with Gasteiger partial charge in [-0.2, -0.15) is 4.31 Å². The van der Waals surface area contributed by atoms with E-state index in [1.54, 1.807) is 17.7 Å². The summed E-state index contributed by atoms with van der Waals surface area (Å²) in [6.07, 6.45) is 2.96. The fourth-order valence-electron chi connectivity index (χ4n) is 3.84. The van der Waals surface area contributed by atoms with Crippen molar-refractivity contribution in [1.82, 2.24) is 19.2 Å². The molecule has 1 amide bonds. The first-order valence-electron chi connectivity index (χ1n) is 9.75. The van der Waals surface area contributed by atoms with Crippen LogP contribution in [-0.4, -0.2) is 47.3 Å². The van der Waals surface area contributed by atoms with Crippen molar-refractivity contribution in [2.45, 2.75) is 23.9 Å². The molecule has 4 rings (SSSR count). The number of nitrogens with one attached hydrogen (secondary N) is 1. The van der Waals surface area contributed by atoms with Crippen LogP contribution in [0.15, 0.2) is 72.1 Å². The number of hydrogen-bond donors (Lipinski definition) is 1. The van der Waals surface area contributed by atoms with Gasteiger partial charge in [0, 0.05) is 37.8 Å². The second-order valence-corrected chi connectivity index (χ2v) is 9.55. The first kappa shape index (κ1) is 20.3. The summed E-state index contributed by atoms with van der Waals surface area (Å²) in [6.45, 7) is 2.40. The smallest absolute Gasteiger partial charge is 0.262 e. The molecule has 1 aliphatic heterocycles. The normalized spacial score (nSPS) is 19.7. The van der Waals surface area contributed by atoms with Crippen LogP contribution in [0.1, 0.15) is 27.4 Å². The lowest BCUT2D eigenvalue weighted by Crippen LogP contribution is -2.40. The molecule has 1 aliphatic rings. The highest BCUT2D eigenvalue weighted by Crippen LogP contribution is 2.31. The number of benzene rings is 2. The van der Waals surface area contributed by atoms with Gasteiger partial charge in [-0.05, 0) is 24.6 Å². The molecule has 0 radical (unpaired) electrons. The van der Waals surface area contributed by atoms with Crippen LogP contribution in [0.2, 0.25) is 0 Å². The highest BCUT2D eigenvalue weighted by Gasteiger charge is 2.41. The number of rotatable bonds is 5. The summed E-state index contributed by atoms with van der Waals surface area (Å²) in [5.41, 5.74) is 2.55. The minimum absolute atomic E-state index is 0.0162. The number of carbonyl (C=O) groups is 1. The highest BCUT2D eigenvalue weighted by molar-refractivity contribution is 7.89. The molecule has 0 bridgehead atoms. The maximum Gasteiger partial charge on any atom is 0.262 e. The average molecular weight is 425 g/mol. The van der Waals surface area contributed by atoms with Gasteiger partial charge in [-0.15, -0.1) is 0 Å². The molecule has 0 aliphatic carbocycles. The molecule has 1 N–H and O–H groups in total. The molecule has 1 saturated heterocycles. The monoisotopic (exact) mass is 424 g/mol. The third-order valence-corrected chi connectivity index (χ3v) is 7.11. The van der Waals surface area contributed by atoms with E-state index >= 15 is 0 Å². The highest BCUT2D eigenvalue weighted by atomic mass is 32.2. The summed E-state index contributed by atoms with van der Waals surface area (Å²) in [5.74, 6) is -0.361. The fourth-order valence-corrected chi connectivity index (χ4v) is 5.30. The Kier molecular flexibility index (Phi) is 5.44. The average Bonchev–Trinajstić information content (AvgIpc) is 3.36. The van der Waals surface area contributed by atoms with Gasteiger partial charge in [0.25, 0.3) is 15.9 Å². The fraction of sp³-hybridized carbons (Fsp3) is 0.273. The summed E-state index contributed by atoms with van der Waals surface area (Å²) < 4.78 is 29.2. The minimum atomic E-state index is -3.75. The minimum Gasteiger partial charge on any atom is -0.347 e. The van der Waals surface area contributed by atoms with E-state index < -0.39 is 10.0 Å². The number of amides is 1. The third-order valence-electron chi connectivity index (χ3n) is 5.40. The first-order valence-corrected chi connectivity index (χ1v) is 11.2. The lowest BCUT2D eigenvalue weighted by Gasteiger charge is -2.20. The van der Waals surface area contributed by atoms with Gasteiger partial charge >= 0.3 is 0 Å². The van der Waals surface area contributed by atoms with Crippen LogP contribution in [0, 0.1) is 6.92 Å². The molecule has 7 nitrogen and oxygen atoms in total. The largest absolute Gasteiger partial charge is 0.347 e. The molecule has 30 heavy (non-hydrogen) atoms. The zero-order chi connectivity index (χ0) is 21.3. The number of aryl methyl sites for hydroxylation is 2. The number of aromatic nitrogens is 2. The second kappa shape index (κ2) is 8.04. The molecule has 1 fully saturated rings. The van der Waals surface area contributed by atoms with Crippen LogP contribution in [0.25, 0.3) is 0 Å². The molecule has 2 heterocycles. The SMILES string of the molecule is Cc1cccc(C(=O)N[C@H]2CN(S(=O)(=O)c3cn(C)cn3)C[C@@H]2c2ccccc2)c1. The van der Waals surface area contributed by atoms with Gasteiger partial charge in [-0.25, -0.2) is 13.4 Å². The van der Waals surface area contributed by atoms with Crippen LogP contribution in [0.3, 0.4) is 0 Å². The van der Waals surface area contributed by atoms with Crippen LogP contribution in [0.4, 0.5) is 0 Å². The molecule has 156 valence electrons. The van der Waals surface area contributed by atoms with Crippen molar-refractivity contribution in [3.63, 3.8) is 0 Å². The second-order valence-electron chi connectivity index (χ2n) is 7.67. The molecule has 2 aromatic carbocycles. The standard InChI is InChI=1S/C22H24N4O3S/c1-16-7-6-10-18(11-16)22(27)24-20-13-26(12-19(20)17-8-4-3-5-9-17)30(28,29)21-14-25(2)15-23-21/h3-11,14-15,19-20H,12-13H2,1-2H3,(H,24,27)/t19-,20+/m1/s1. The van der Waals surface area contributed by atoms with Crippen molar-refractivity contribution in [1.29, 1.82) is 0 Å². The Morgan fingerprint density at radius 3 is 2.53 bits per heavy atom. The topological polar surface area (TPSA) is 84.3 Å². The number of imidazole rings is 1. The molecule has 0 spiro atoms. The molecule has 2 atom stereocenters. The number of carbonyl (C=O) groups excluding carboxylic acids is 1. The van der Waals surface area contributed by atoms with Gasteiger partial charge in [0.15, 0.2) is 5.03 Å². The van der Waals surface area contributed by atoms with E-state index in [-0.39, 0.29) is 36.0 Å². The summed E-state index contributed by atoms with van der Waals surface area (Å²) in [7, 11) is -2.02. The molecule has 0 unspecified atom stereocenters. The molecule has 8 heteroatoms. The summed E-state index contributed by atoms with van der Waals surface area (Å²) in [4.78, 5) is 16.9. The van der Waals surface area contributed by atoms with Gasteiger partial charge in [0.05, 0.1) is 12.4 Å². The summed E-state index contributed by atoms with van der Waals surface area (Å²) in [5, 5.41) is 3.08. The quantitative estimate of drug-likeness (QED) is 0.681. The van der Waals surface area contributed by atoms with Crippen molar-refractivity contribution in [2.75, 3.05) is 13.1 Å². The molecule has 1 aromatic heterocycles. The lowest BCUT2D eigenvalue weighted by molar-refractivity contribution is 0.0936. The van der Waals surface area contributed by atoms with Crippen LogP contribution < -0.4 is 5.32 Å². The van der Waals surface area contributed by atoms with E-state index in [9.17, 15) is 13.2 Å². The van der Waals surface area contributed by atoms with E-state index in [1.807, 2.05) is 55.5 Å². The third kappa shape index (κ3) is 4.01. The van der Waals surface area contributed by atoms with E-state index in [4.69, 9.17) is 0 Å². The Bertz CT molecular complexity index is 1160. The van der Waals surface area contributed by atoms with Crippen molar-refractivity contribution < 1.29 is 13.2 Å². The maximum absolute atomic E-state index is 13.1. The lowest BCUT2D eigenvalue weighted by atomic mass is 9.94. The maximum atomic E-state index is 13.1. The van der Waals surface area contributed by atoms with Gasteiger partial charge in [0.1, 0.15) is 0 Å². The van der Waals surface area contributed by atoms with Gasteiger partial charge in [-0.1, -0.05) is 48.0 Å². The van der Waals surface area contributed by atoms with E-state index in [0.717, 1.165) is 11.1 Å². The summed E-state index contributed by atoms with van der Waals surface area (Å²) >= 11 is 0.